The summed E-state index contributed by atoms with van der Waals surface area (Å²) >= 11 is 3.45. The molecule has 5 rings (SSSR count). The van der Waals surface area contributed by atoms with Crippen LogP contribution in [0.4, 0.5) is 0 Å². The number of amides is 1. The van der Waals surface area contributed by atoms with Gasteiger partial charge in [-0.1, -0.05) is 15.9 Å². The molecule has 0 heterocycles. The van der Waals surface area contributed by atoms with Gasteiger partial charge in [-0.3, -0.25) is 4.79 Å². The van der Waals surface area contributed by atoms with Gasteiger partial charge in [-0.25, -0.2) is 0 Å². The maximum Gasteiger partial charge on any atom is 0.255 e. The highest BCUT2D eigenvalue weighted by atomic mass is 79.9. The van der Waals surface area contributed by atoms with Crippen LogP contribution in [0.25, 0.3) is 0 Å². The summed E-state index contributed by atoms with van der Waals surface area (Å²) in [7, 11) is 1.61. The van der Waals surface area contributed by atoms with E-state index >= 15 is 0 Å². The Morgan fingerprint density at radius 2 is 1.77 bits per heavy atom. The molecule has 1 amide bonds. The molecule has 3 nitrogen and oxygen atoms in total. The molecule has 4 fully saturated rings. The number of hydrogen-bond acceptors (Lipinski definition) is 2. The van der Waals surface area contributed by atoms with Crippen LogP contribution in [0.15, 0.2) is 22.7 Å². The first kappa shape index (κ1) is 14.6. The molecule has 4 aliphatic carbocycles. The van der Waals surface area contributed by atoms with Gasteiger partial charge in [0.2, 0.25) is 0 Å². The number of methoxy groups -OCH3 is 1. The first-order valence-corrected chi connectivity index (χ1v) is 9.07. The molecule has 4 heteroatoms. The van der Waals surface area contributed by atoms with Crippen molar-refractivity contribution in [3.8, 4) is 5.75 Å². The second kappa shape index (κ2) is 5.55. The molecular formula is C18H22BrNO2. The first-order chi connectivity index (χ1) is 10.6. The van der Waals surface area contributed by atoms with E-state index in [1.165, 1.54) is 32.1 Å². The Labute approximate surface area is 139 Å². The lowest BCUT2D eigenvalue weighted by atomic mass is 9.54. The number of rotatable bonds is 3. The fraction of sp³-hybridized carbons (Fsp3) is 0.611. The molecule has 0 radical (unpaired) electrons. The largest absolute Gasteiger partial charge is 0.496 e. The van der Waals surface area contributed by atoms with Crippen molar-refractivity contribution in [1.29, 1.82) is 0 Å². The quantitative estimate of drug-likeness (QED) is 0.880. The molecule has 0 spiro atoms. The lowest BCUT2D eigenvalue weighted by molar-refractivity contribution is -0.0119. The zero-order valence-corrected chi connectivity index (χ0v) is 14.4. The third-order valence-corrected chi connectivity index (χ3v) is 6.42. The lowest BCUT2D eigenvalue weighted by Crippen LogP contribution is -2.55. The van der Waals surface area contributed by atoms with E-state index in [-0.39, 0.29) is 5.91 Å². The zero-order valence-electron chi connectivity index (χ0n) is 12.8. The van der Waals surface area contributed by atoms with Crippen molar-refractivity contribution in [1.82, 2.24) is 5.32 Å². The van der Waals surface area contributed by atoms with Crippen molar-refractivity contribution in [2.24, 2.45) is 23.7 Å². The second-order valence-corrected chi connectivity index (χ2v) is 8.19. The van der Waals surface area contributed by atoms with Crippen LogP contribution in [0.3, 0.4) is 0 Å². The number of carbonyl (C=O) groups excluding carboxylic acids is 1. The van der Waals surface area contributed by atoms with E-state index in [9.17, 15) is 4.79 Å². The minimum absolute atomic E-state index is 0.00984. The van der Waals surface area contributed by atoms with Crippen molar-refractivity contribution < 1.29 is 9.53 Å². The van der Waals surface area contributed by atoms with Crippen LogP contribution in [-0.2, 0) is 0 Å². The third-order valence-electron chi connectivity index (χ3n) is 5.93. The van der Waals surface area contributed by atoms with Crippen molar-refractivity contribution in [3.05, 3.63) is 28.2 Å². The predicted octanol–water partition coefficient (Wildman–Crippen LogP) is 4.01. The van der Waals surface area contributed by atoms with Crippen LogP contribution >= 0.6 is 15.9 Å². The second-order valence-electron chi connectivity index (χ2n) is 7.27. The predicted molar refractivity (Wildman–Crippen MR) is 89.0 cm³/mol. The van der Waals surface area contributed by atoms with Gasteiger partial charge in [-0.15, -0.1) is 0 Å². The van der Waals surface area contributed by atoms with Gasteiger partial charge >= 0.3 is 0 Å². The fourth-order valence-electron chi connectivity index (χ4n) is 5.25. The maximum absolute atomic E-state index is 12.8. The molecular weight excluding hydrogens is 342 g/mol. The Kier molecular flexibility index (Phi) is 3.67. The van der Waals surface area contributed by atoms with Crippen molar-refractivity contribution in [3.63, 3.8) is 0 Å². The van der Waals surface area contributed by atoms with E-state index in [1.54, 1.807) is 7.11 Å². The number of carbonyl (C=O) groups is 1. The zero-order chi connectivity index (χ0) is 15.3. The monoisotopic (exact) mass is 363 g/mol. The van der Waals surface area contributed by atoms with Gasteiger partial charge < -0.3 is 10.1 Å². The molecule has 1 aromatic carbocycles. The molecule has 118 valence electrons. The molecule has 1 aromatic rings. The molecule has 4 aliphatic rings. The van der Waals surface area contributed by atoms with Crippen LogP contribution in [-0.4, -0.2) is 19.1 Å². The standard InChI is InChI=1S/C18H22BrNO2/c1-22-16-3-2-14(19)9-15(16)18(21)20-17-12-5-10-4-11(7-12)8-13(17)6-10/h2-3,9-13,17H,4-8H2,1H3,(H,20,21). The van der Waals surface area contributed by atoms with E-state index in [4.69, 9.17) is 4.74 Å². The minimum atomic E-state index is 0.00984. The van der Waals surface area contributed by atoms with Crippen molar-refractivity contribution in [2.75, 3.05) is 7.11 Å². The summed E-state index contributed by atoms with van der Waals surface area (Å²) in [6.07, 6.45) is 6.69. The van der Waals surface area contributed by atoms with Gasteiger partial charge in [-0.05, 0) is 74.0 Å². The number of nitrogens with one attached hydrogen (secondary N) is 1. The van der Waals surface area contributed by atoms with Gasteiger partial charge in [0.25, 0.3) is 5.91 Å². The Hall–Kier alpha value is -1.03. The summed E-state index contributed by atoms with van der Waals surface area (Å²) in [6.45, 7) is 0. The van der Waals surface area contributed by atoms with E-state index in [0.29, 0.717) is 29.2 Å². The molecule has 1 N–H and O–H groups in total. The normalized spacial score (nSPS) is 35.5. The van der Waals surface area contributed by atoms with Crippen LogP contribution in [0.2, 0.25) is 0 Å². The molecule has 0 aromatic heterocycles. The fourth-order valence-corrected chi connectivity index (χ4v) is 5.61. The van der Waals surface area contributed by atoms with Gasteiger partial charge in [0.15, 0.2) is 0 Å². The molecule has 0 atom stereocenters. The molecule has 0 unspecified atom stereocenters. The van der Waals surface area contributed by atoms with Gasteiger partial charge in [0.05, 0.1) is 12.7 Å². The molecule has 0 aliphatic heterocycles. The first-order valence-electron chi connectivity index (χ1n) is 8.28. The SMILES string of the molecule is COc1ccc(Br)cc1C(=O)NC1C2CC3CC(C2)CC1C3. The van der Waals surface area contributed by atoms with E-state index < -0.39 is 0 Å². The average Bonchev–Trinajstić information content (AvgIpc) is 2.50. The third kappa shape index (κ3) is 2.45. The average molecular weight is 364 g/mol. The van der Waals surface area contributed by atoms with E-state index in [2.05, 4.69) is 21.2 Å². The highest BCUT2D eigenvalue weighted by molar-refractivity contribution is 9.10. The van der Waals surface area contributed by atoms with Crippen molar-refractivity contribution >= 4 is 21.8 Å². The topological polar surface area (TPSA) is 38.3 Å². The summed E-state index contributed by atoms with van der Waals surface area (Å²) < 4.78 is 6.25. The van der Waals surface area contributed by atoms with Crippen LogP contribution in [0.1, 0.15) is 42.5 Å². The molecule has 4 saturated carbocycles. The van der Waals surface area contributed by atoms with Gasteiger partial charge in [0.1, 0.15) is 5.75 Å². The summed E-state index contributed by atoms with van der Waals surface area (Å²) in [5.41, 5.74) is 0.630. The van der Waals surface area contributed by atoms with Gasteiger partial charge in [-0.2, -0.15) is 0 Å². The van der Waals surface area contributed by atoms with Gasteiger partial charge in [0, 0.05) is 10.5 Å². The highest BCUT2D eigenvalue weighted by Gasteiger charge is 2.48. The number of ether oxygens (including phenoxy) is 1. The lowest BCUT2D eigenvalue weighted by Gasteiger charge is -2.54. The van der Waals surface area contributed by atoms with Crippen LogP contribution in [0.5, 0.6) is 5.75 Å². The molecule has 0 saturated heterocycles. The van der Waals surface area contributed by atoms with E-state index in [1.807, 2.05) is 18.2 Å². The minimum Gasteiger partial charge on any atom is -0.496 e. The molecule has 22 heavy (non-hydrogen) atoms. The Balaban J connectivity index is 1.54. The Morgan fingerprint density at radius 3 is 2.36 bits per heavy atom. The van der Waals surface area contributed by atoms with Crippen LogP contribution < -0.4 is 10.1 Å². The summed E-state index contributed by atoms with van der Waals surface area (Å²) in [5, 5.41) is 3.34. The van der Waals surface area contributed by atoms with Crippen LogP contribution in [0, 0.1) is 23.7 Å². The summed E-state index contributed by atoms with van der Waals surface area (Å²) in [4.78, 5) is 12.8. The summed E-state index contributed by atoms with van der Waals surface area (Å²) in [5.74, 6) is 3.89. The number of hydrogen-bond donors (Lipinski definition) is 1. The van der Waals surface area contributed by atoms with E-state index in [0.717, 1.165) is 16.3 Å². The molecule has 4 bridgehead atoms. The maximum atomic E-state index is 12.8. The summed E-state index contributed by atoms with van der Waals surface area (Å²) in [6, 6.07) is 5.96. The highest BCUT2D eigenvalue weighted by Crippen LogP contribution is 2.53. The van der Waals surface area contributed by atoms with Crippen molar-refractivity contribution in [2.45, 2.75) is 38.1 Å². The number of benzene rings is 1. The Bertz CT molecular complexity index is 573. The number of halogens is 1. The smallest absolute Gasteiger partial charge is 0.255 e. The Morgan fingerprint density at radius 1 is 1.14 bits per heavy atom.